The average Bonchev–Trinajstić information content (AvgIpc) is 2.04. The fraction of sp³-hybridized carbons (Fsp3) is 0.333. The molecule has 0 aromatic heterocycles. The van der Waals surface area contributed by atoms with Crippen molar-refractivity contribution in [2.45, 2.75) is 19.4 Å². The lowest BCUT2D eigenvalue weighted by molar-refractivity contribution is -0.517. The van der Waals surface area contributed by atoms with Gasteiger partial charge in [-0.25, -0.2) is 0 Å². The van der Waals surface area contributed by atoms with Crippen molar-refractivity contribution in [2.75, 3.05) is 0 Å². The van der Waals surface area contributed by atoms with E-state index < -0.39 is 6.04 Å². The molecule has 1 atom stereocenters. The van der Waals surface area contributed by atoms with E-state index in [1.165, 1.54) is 0 Å². The maximum atomic E-state index is 10.4. The third-order valence-corrected chi connectivity index (χ3v) is 2.02. The molecule has 4 heteroatoms. The minimum atomic E-state index is -0.557. The molecule has 0 amide bonds. The molecular formula is C9H10ClNO2. The number of benzene rings is 1. The van der Waals surface area contributed by atoms with Crippen molar-refractivity contribution in [1.82, 2.24) is 0 Å². The Kier molecular flexibility index (Phi) is 3.25. The second-order valence-electron chi connectivity index (χ2n) is 2.97. The van der Waals surface area contributed by atoms with Crippen LogP contribution in [0.5, 0.6) is 0 Å². The van der Waals surface area contributed by atoms with Crippen LogP contribution in [0, 0.1) is 10.1 Å². The molecule has 0 saturated carbocycles. The van der Waals surface area contributed by atoms with Crippen molar-refractivity contribution in [3.05, 3.63) is 45.0 Å². The zero-order valence-corrected chi connectivity index (χ0v) is 7.99. The summed E-state index contributed by atoms with van der Waals surface area (Å²) >= 11 is 5.74. The van der Waals surface area contributed by atoms with Crippen LogP contribution >= 0.6 is 11.6 Å². The molecule has 0 bridgehead atoms. The summed E-state index contributed by atoms with van der Waals surface area (Å²) in [6.45, 7) is 1.58. The summed E-state index contributed by atoms with van der Waals surface area (Å²) in [5, 5.41) is 11.0. The number of hydrogen-bond acceptors (Lipinski definition) is 2. The van der Waals surface area contributed by atoms with Gasteiger partial charge in [-0.3, -0.25) is 10.1 Å². The topological polar surface area (TPSA) is 43.1 Å². The molecule has 0 unspecified atom stereocenters. The highest BCUT2D eigenvalue weighted by Crippen LogP contribution is 2.12. The van der Waals surface area contributed by atoms with E-state index in [-0.39, 0.29) is 4.92 Å². The molecule has 0 radical (unpaired) electrons. The van der Waals surface area contributed by atoms with Crippen LogP contribution in [0.25, 0.3) is 0 Å². The lowest BCUT2D eigenvalue weighted by Gasteiger charge is -2.03. The molecule has 3 nitrogen and oxygen atoms in total. The average molecular weight is 200 g/mol. The number of rotatable bonds is 3. The minimum Gasteiger partial charge on any atom is -0.264 e. The highest BCUT2D eigenvalue weighted by molar-refractivity contribution is 6.30. The van der Waals surface area contributed by atoms with Crippen LogP contribution in [0.3, 0.4) is 0 Å². The van der Waals surface area contributed by atoms with Crippen LogP contribution in [-0.4, -0.2) is 11.0 Å². The highest BCUT2D eigenvalue weighted by Gasteiger charge is 2.12. The van der Waals surface area contributed by atoms with Crippen molar-refractivity contribution >= 4 is 11.6 Å². The summed E-state index contributed by atoms with van der Waals surface area (Å²) in [5.74, 6) is 0. The van der Waals surface area contributed by atoms with E-state index in [1.807, 2.05) is 6.07 Å². The highest BCUT2D eigenvalue weighted by atomic mass is 35.5. The first-order valence-corrected chi connectivity index (χ1v) is 4.35. The van der Waals surface area contributed by atoms with Gasteiger partial charge in [-0.2, -0.15) is 0 Å². The van der Waals surface area contributed by atoms with E-state index in [2.05, 4.69) is 0 Å². The van der Waals surface area contributed by atoms with Gasteiger partial charge in [0.05, 0.1) is 0 Å². The van der Waals surface area contributed by atoms with Crippen molar-refractivity contribution in [1.29, 1.82) is 0 Å². The summed E-state index contributed by atoms with van der Waals surface area (Å²) < 4.78 is 0. The maximum Gasteiger partial charge on any atom is 0.214 e. The van der Waals surface area contributed by atoms with E-state index in [9.17, 15) is 10.1 Å². The van der Waals surface area contributed by atoms with Gasteiger partial charge >= 0.3 is 0 Å². The lowest BCUT2D eigenvalue weighted by atomic mass is 10.1. The fourth-order valence-electron chi connectivity index (χ4n) is 1.08. The molecule has 1 rings (SSSR count). The Morgan fingerprint density at radius 2 is 2.31 bits per heavy atom. The first-order valence-electron chi connectivity index (χ1n) is 3.97. The van der Waals surface area contributed by atoms with E-state index in [0.29, 0.717) is 11.4 Å². The van der Waals surface area contributed by atoms with Crippen LogP contribution in [0.15, 0.2) is 24.3 Å². The molecule has 0 saturated heterocycles. The van der Waals surface area contributed by atoms with Crippen LogP contribution in [0.2, 0.25) is 5.02 Å². The Balaban J connectivity index is 2.69. The Bertz CT molecular complexity index is 314. The van der Waals surface area contributed by atoms with Gasteiger partial charge in [-0.05, 0) is 17.7 Å². The maximum absolute atomic E-state index is 10.4. The molecule has 0 aliphatic rings. The monoisotopic (exact) mass is 199 g/mol. The molecule has 0 aliphatic heterocycles. The summed E-state index contributed by atoms with van der Waals surface area (Å²) in [7, 11) is 0. The van der Waals surface area contributed by atoms with Crippen molar-refractivity contribution in [3.8, 4) is 0 Å². The SMILES string of the molecule is C[C@H](Cc1cccc(Cl)c1)[N+](=O)[O-]. The third-order valence-electron chi connectivity index (χ3n) is 1.78. The summed E-state index contributed by atoms with van der Waals surface area (Å²) in [4.78, 5) is 10.1. The van der Waals surface area contributed by atoms with Gasteiger partial charge in [0.1, 0.15) is 0 Å². The molecule has 0 N–H and O–H groups in total. The van der Waals surface area contributed by atoms with Gasteiger partial charge in [0.25, 0.3) is 0 Å². The zero-order valence-electron chi connectivity index (χ0n) is 7.24. The molecule has 1 aromatic carbocycles. The van der Waals surface area contributed by atoms with Gasteiger partial charge in [0, 0.05) is 23.3 Å². The van der Waals surface area contributed by atoms with Crippen molar-refractivity contribution in [3.63, 3.8) is 0 Å². The molecule has 0 heterocycles. The van der Waals surface area contributed by atoms with Gasteiger partial charge in [-0.1, -0.05) is 23.7 Å². The van der Waals surface area contributed by atoms with Gasteiger partial charge in [0.15, 0.2) is 0 Å². The molecule has 13 heavy (non-hydrogen) atoms. The summed E-state index contributed by atoms with van der Waals surface area (Å²) in [6.07, 6.45) is 0.424. The number of halogens is 1. The largest absolute Gasteiger partial charge is 0.264 e. The first-order chi connectivity index (χ1) is 6.09. The minimum absolute atomic E-state index is 0.291. The molecular weight excluding hydrogens is 190 g/mol. The predicted molar refractivity (Wildman–Crippen MR) is 51.6 cm³/mol. The van der Waals surface area contributed by atoms with E-state index in [4.69, 9.17) is 11.6 Å². The van der Waals surface area contributed by atoms with Crippen molar-refractivity contribution < 1.29 is 4.92 Å². The lowest BCUT2D eigenvalue weighted by Crippen LogP contribution is -2.17. The molecule has 0 spiro atoms. The smallest absolute Gasteiger partial charge is 0.214 e. The fourth-order valence-corrected chi connectivity index (χ4v) is 1.29. The first kappa shape index (κ1) is 9.99. The number of nitrogens with zero attached hydrogens (tertiary/aromatic N) is 1. The van der Waals surface area contributed by atoms with E-state index >= 15 is 0 Å². The van der Waals surface area contributed by atoms with Gasteiger partial charge in [0.2, 0.25) is 6.04 Å². The normalized spacial score (nSPS) is 12.5. The second-order valence-corrected chi connectivity index (χ2v) is 3.40. The predicted octanol–water partition coefficient (Wildman–Crippen LogP) is 2.55. The third kappa shape index (κ3) is 3.03. The van der Waals surface area contributed by atoms with Crippen LogP contribution < -0.4 is 0 Å². The molecule has 0 fully saturated rings. The molecule has 70 valence electrons. The Labute approximate surface area is 81.5 Å². The Morgan fingerprint density at radius 1 is 1.62 bits per heavy atom. The number of nitro groups is 1. The Morgan fingerprint density at radius 3 is 2.85 bits per heavy atom. The van der Waals surface area contributed by atoms with Gasteiger partial charge in [-0.15, -0.1) is 0 Å². The van der Waals surface area contributed by atoms with Crippen LogP contribution in [0.4, 0.5) is 0 Å². The second kappa shape index (κ2) is 4.23. The van der Waals surface area contributed by atoms with Crippen molar-refractivity contribution in [2.24, 2.45) is 0 Å². The van der Waals surface area contributed by atoms with E-state index in [1.54, 1.807) is 25.1 Å². The standard InChI is InChI=1S/C9H10ClNO2/c1-7(11(12)13)5-8-3-2-4-9(10)6-8/h2-4,6-7H,5H2,1H3/t7-/m1/s1. The Hall–Kier alpha value is -1.09. The van der Waals surface area contributed by atoms with Crippen LogP contribution in [0.1, 0.15) is 12.5 Å². The molecule has 0 aliphatic carbocycles. The van der Waals surface area contributed by atoms with Gasteiger partial charge < -0.3 is 0 Å². The zero-order chi connectivity index (χ0) is 9.84. The molecule has 1 aromatic rings. The summed E-state index contributed by atoms with van der Waals surface area (Å²) in [6, 6.07) is 6.58. The number of hydrogen-bond donors (Lipinski definition) is 0. The summed E-state index contributed by atoms with van der Waals surface area (Å²) in [5.41, 5.74) is 0.900. The van der Waals surface area contributed by atoms with E-state index in [0.717, 1.165) is 5.56 Å². The quantitative estimate of drug-likeness (QED) is 0.555. The van der Waals surface area contributed by atoms with Crippen LogP contribution in [-0.2, 0) is 6.42 Å².